The molecule has 1 saturated carbocycles. The second kappa shape index (κ2) is 7.99. The number of pyridine rings is 1. The summed E-state index contributed by atoms with van der Waals surface area (Å²) in [5.41, 5.74) is 3.16. The van der Waals surface area contributed by atoms with Gasteiger partial charge in [-0.05, 0) is 30.2 Å². The number of nitrogens with one attached hydrogen (secondary N) is 1. The van der Waals surface area contributed by atoms with Crippen molar-refractivity contribution in [3.63, 3.8) is 0 Å². The van der Waals surface area contributed by atoms with Crippen LogP contribution < -0.4 is 24.3 Å². The lowest BCUT2D eigenvalue weighted by atomic mass is 10.1. The molecule has 30 heavy (non-hydrogen) atoms. The van der Waals surface area contributed by atoms with Crippen molar-refractivity contribution in [1.29, 1.82) is 5.26 Å². The van der Waals surface area contributed by atoms with Gasteiger partial charge in [0, 0.05) is 29.6 Å². The number of anilines is 1. The minimum Gasteiger partial charge on any atom is -0.493 e. The SMILES string of the molecule is COc1ccc([C@@H]2C[C@H]2Nc2c(C#N)cnc3cc(OC)c(OC)cc23)cc1OC. The number of nitrogens with zero attached hydrogens (tertiary/aromatic N) is 2. The Morgan fingerprint density at radius 1 is 0.933 bits per heavy atom. The van der Waals surface area contributed by atoms with Crippen molar-refractivity contribution in [2.24, 2.45) is 0 Å². The molecule has 0 unspecified atom stereocenters. The lowest BCUT2D eigenvalue weighted by Gasteiger charge is -2.14. The zero-order chi connectivity index (χ0) is 21.3. The maximum atomic E-state index is 9.63. The Labute approximate surface area is 175 Å². The molecule has 4 rings (SSSR count). The van der Waals surface area contributed by atoms with E-state index in [1.165, 1.54) is 5.56 Å². The fraction of sp³-hybridized carbons (Fsp3) is 0.304. The number of hydrogen-bond acceptors (Lipinski definition) is 7. The van der Waals surface area contributed by atoms with Gasteiger partial charge in [0.05, 0.1) is 45.2 Å². The van der Waals surface area contributed by atoms with E-state index in [4.69, 9.17) is 18.9 Å². The summed E-state index contributed by atoms with van der Waals surface area (Å²) in [5, 5.41) is 14.0. The monoisotopic (exact) mass is 405 g/mol. The molecule has 0 radical (unpaired) electrons. The first-order chi connectivity index (χ1) is 14.6. The third-order valence-electron chi connectivity index (χ3n) is 5.45. The third-order valence-corrected chi connectivity index (χ3v) is 5.45. The van der Waals surface area contributed by atoms with E-state index in [2.05, 4.69) is 22.4 Å². The molecule has 0 bridgehead atoms. The van der Waals surface area contributed by atoms with Gasteiger partial charge in [-0.2, -0.15) is 5.26 Å². The van der Waals surface area contributed by atoms with Gasteiger partial charge >= 0.3 is 0 Å². The molecule has 1 aromatic heterocycles. The number of hydrogen-bond donors (Lipinski definition) is 1. The Kier molecular flexibility index (Phi) is 5.23. The summed E-state index contributed by atoms with van der Waals surface area (Å²) in [6.45, 7) is 0. The van der Waals surface area contributed by atoms with Crippen molar-refractivity contribution >= 4 is 16.6 Å². The molecule has 1 N–H and O–H groups in total. The second-order valence-electron chi connectivity index (χ2n) is 7.09. The number of methoxy groups -OCH3 is 4. The Bertz CT molecular complexity index is 1140. The topological polar surface area (TPSA) is 85.6 Å². The Morgan fingerprint density at radius 3 is 2.27 bits per heavy atom. The van der Waals surface area contributed by atoms with Crippen LogP contribution in [-0.4, -0.2) is 39.5 Å². The minimum absolute atomic E-state index is 0.203. The molecule has 1 aliphatic rings. The maximum Gasteiger partial charge on any atom is 0.162 e. The first-order valence-electron chi connectivity index (χ1n) is 9.56. The fourth-order valence-electron chi connectivity index (χ4n) is 3.75. The largest absolute Gasteiger partial charge is 0.493 e. The first-order valence-corrected chi connectivity index (χ1v) is 9.56. The molecule has 154 valence electrons. The van der Waals surface area contributed by atoms with Gasteiger partial charge < -0.3 is 24.3 Å². The van der Waals surface area contributed by atoms with Gasteiger partial charge in [0.15, 0.2) is 23.0 Å². The second-order valence-corrected chi connectivity index (χ2v) is 7.09. The number of rotatable bonds is 7. The fourth-order valence-corrected chi connectivity index (χ4v) is 3.75. The van der Waals surface area contributed by atoms with Crippen LogP contribution in [0.2, 0.25) is 0 Å². The average molecular weight is 405 g/mol. The smallest absolute Gasteiger partial charge is 0.162 e. The Balaban J connectivity index is 1.67. The van der Waals surface area contributed by atoms with Gasteiger partial charge in [0.25, 0.3) is 0 Å². The molecule has 1 heterocycles. The lowest BCUT2D eigenvalue weighted by molar-refractivity contribution is 0.354. The molecule has 1 fully saturated rings. The third kappa shape index (κ3) is 3.41. The van der Waals surface area contributed by atoms with Gasteiger partial charge in [0.2, 0.25) is 0 Å². The van der Waals surface area contributed by atoms with Gasteiger partial charge in [-0.25, -0.2) is 0 Å². The van der Waals surface area contributed by atoms with Crippen LogP contribution in [0.15, 0.2) is 36.5 Å². The van der Waals surface area contributed by atoms with E-state index in [9.17, 15) is 5.26 Å². The van der Waals surface area contributed by atoms with Gasteiger partial charge in [-0.15, -0.1) is 0 Å². The summed E-state index contributed by atoms with van der Waals surface area (Å²) < 4.78 is 21.6. The van der Waals surface area contributed by atoms with Crippen LogP contribution in [0.4, 0.5) is 5.69 Å². The molecular formula is C23H23N3O4. The highest BCUT2D eigenvalue weighted by molar-refractivity contribution is 5.96. The first kappa shape index (κ1) is 19.6. The van der Waals surface area contributed by atoms with Gasteiger partial charge in [-0.1, -0.05) is 6.07 Å². The van der Waals surface area contributed by atoms with E-state index in [1.807, 2.05) is 24.3 Å². The predicted molar refractivity (Wildman–Crippen MR) is 114 cm³/mol. The molecule has 7 nitrogen and oxygen atoms in total. The van der Waals surface area contributed by atoms with E-state index in [1.54, 1.807) is 34.6 Å². The van der Waals surface area contributed by atoms with Gasteiger partial charge in [0.1, 0.15) is 6.07 Å². The summed E-state index contributed by atoms with van der Waals surface area (Å²) in [7, 11) is 6.44. The van der Waals surface area contributed by atoms with E-state index >= 15 is 0 Å². The van der Waals surface area contributed by atoms with Crippen LogP contribution >= 0.6 is 0 Å². The lowest BCUT2D eigenvalue weighted by Crippen LogP contribution is -2.07. The highest BCUT2D eigenvalue weighted by atomic mass is 16.5. The molecule has 0 spiro atoms. The molecule has 0 saturated heterocycles. The van der Waals surface area contributed by atoms with Crippen LogP contribution in [0.3, 0.4) is 0 Å². The van der Waals surface area contributed by atoms with E-state index in [-0.39, 0.29) is 6.04 Å². The van der Waals surface area contributed by atoms with Crippen molar-refractivity contribution in [2.75, 3.05) is 33.8 Å². The Hall–Kier alpha value is -3.66. The van der Waals surface area contributed by atoms with E-state index < -0.39 is 0 Å². The number of fused-ring (bicyclic) bond motifs is 1. The molecule has 0 aliphatic heterocycles. The number of nitriles is 1. The van der Waals surface area contributed by atoms with Crippen LogP contribution in [0.5, 0.6) is 23.0 Å². The van der Waals surface area contributed by atoms with E-state index in [0.717, 1.165) is 23.0 Å². The zero-order valence-corrected chi connectivity index (χ0v) is 17.4. The molecule has 2 aromatic carbocycles. The van der Waals surface area contributed by atoms with Crippen molar-refractivity contribution in [1.82, 2.24) is 4.98 Å². The number of aromatic nitrogens is 1. The average Bonchev–Trinajstić information content (AvgIpc) is 3.56. The summed E-state index contributed by atoms with van der Waals surface area (Å²) in [5.74, 6) is 2.93. The Morgan fingerprint density at radius 2 is 1.60 bits per heavy atom. The van der Waals surface area contributed by atoms with Crippen molar-refractivity contribution in [2.45, 2.75) is 18.4 Å². The highest BCUT2D eigenvalue weighted by Crippen LogP contribution is 2.46. The van der Waals surface area contributed by atoms with Crippen molar-refractivity contribution in [3.05, 3.63) is 47.7 Å². The quantitative estimate of drug-likeness (QED) is 0.633. The van der Waals surface area contributed by atoms with E-state index in [0.29, 0.717) is 34.5 Å². The molecule has 2 atom stereocenters. The van der Waals surface area contributed by atoms with Crippen LogP contribution in [0.1, 0.15) is 23.5 Å². The molecule has 0 amide bonds. The van der Waals surface area contributed by atoms with Gasteiger partial charge in [-0.3, -0.25) is 4.98 Å². The van der Waals surface area contributed by atoms with Crippen molar-refractivity contribution in [3.8, 4) is 29.1 Å². The maximum absolute atomic E-state index is 9.63. The summed E-state index contributed by atoms with van der Waals surface area (Å²) in [6, 6.07) is 12.1. The summed E-state index contributed by atoms with van der Waals surface area (Å²) in [4.78, 5) is 4.41. The highest BCUT2D eigenvalue weighted by Gasteiger charge is 2.39. The molecule has 7 heteroatoms. The molecular weight excluding hydrogens is 382 g/mol. The van der Waals surface area contributed by atoms with Crippen molar-refractivity contribution < 1.29 is 18.9 Å². The molecule has 3 aromatic rings. The van der Waals surface area contributed by atoms with Crippen LogP contribution in [0, 0.1) is 11.3 Å². The number of benzene rings is 2. The number of ether oxygens (including phenoxy) is 4. The van der Waals surface area contributed by atoms with Crippen LogP contribution in [0.25, 0.3) is 10.9 Å². The predicted octanol–water partition coefficient (Wildman–Crippen LogP) is 4.11. The minimum atomic E-state index is 0.203. The summed E-state index contributed by atoms with van der Waals surface area (Å²) in [6.07, 6.45) is 2.54. The normalized spacial score (nSPS) is 17.2. The standard InChI is InChI=1S/C23H23N3O4/c1-27-19-6-5-13(7-20(19)28-2)15-8-18(15)26-23-14(11-24)12-25-17-10-22(30-4)21(29-3)9-16(17)23/h5-7,9-10,12,15,18H,8H2,1-4H3,(H,25,26)/t15-,18+/m0/s1. The summed E-state index contributed by atoms with van der Waals surface area (Å²) >= 11 is 0. The van der Waals surface area contributed by atoms with Crippen LogP contribution in [-0.2, 0) is 0 Å². The zero-order valence-electron chi connectivity index (χ0n) is 17.4. The molecule has 1 aliphatic carbocycles.